The molecule has 0 aliphatic carbocycles. The zero-order valence-electron chi connectivity index (χ0n) is 19.1. The predicted octanol–water partition coefficient (Wildman–Crippen LogP) is 3.44. The summed E-state index contributed by atoms with van der Waals surface area (Å²) in [7, 11) is 0. The summed E-state index contributed by atoms with van der Waals surface area (Å²) < 4.78 is 0. The zero-order valence-corrected chi connectivity index (χ0v) is 19.1. The van der Waals surface area contributed by atoms with Crippen LogP contribution in [0.15, 0.2) is 60.7 Å². The van der Waals surface area contributed by atoms with Crippen molar-refractivity contribution in [2.24, 2.45) is 0 Å². The van der Waals surface area contributed by atoms with E-state index in [0.29, 0.717) is 13.0 Å². The van der Waals surface area contributed by atoms with Crippen molar-refractivity contribution < 1.29 is 9.59 Å². The van der Waals surface area contributed by atoms with Gasteiger partial charge in [0.2, 0.25) is 5.91 Å². The lowest BCUT2D eigenvalue weighted by atomic mass is 10.1. The molecular weight excluding hydrogens is 414 g/mol. The average Bonchev–Trinajstić information content (AvgIpc) is 2.83. The fourth-order valence-electron chi connectivity index (χ4n) is 4.18. The van der Waals surface area contributed by atoms with Crippen LogP contribution in [0.25, 0.3) is 10.9 Å². The van der Waals surface area contributed by atoms with E-state index in [1.54, 1.807) is 0 Å². The second kappa shape index (κ2) is 10.9. The average molecular weight is 446 g/mol. The van der Waals surface area contributed by atoms with Crippen molar-refractivity contribution in [2.75, 3.05) is 44.6 Å². The molecule has 2 N–H and O–H groups in total. The predicted molar refractivity (Wildman–Crippen MR) is 131 cm³/mol. The number of urea groups is 1. The maximum Gasteiger partial charge on any atom is 0.319 e. The summed E-state index contributed by atoms with van der Waals surface area (Å²) >= 11 is 0. The van der Waals surface area contributed by atoms with Crippen LogP contribution >= 0.6 is 0 Å². The summed E-state index contributed by atoms with van der Waals surface area (Å²) in [6.45, 7) is 6.36. The third-order valence-electron chi connectivity index (χ3n) is 6.00. The number of piperazine rings is 1. The van der Waals surface area contributed by atoms with Gasteiger partial charge in [0.05, 0.1) is 11.2 Å². The fourth-order valence-corrected chi connectivity index (χ4v) is 4.18. The highest BCUT2D eigenvalue weighted by Gasteiger charge is 2.20. The first-order valence-electron chi connectivity index (χ1n) is 11.5. The van der Waals surface area contributed by atoms with Crippen molar-refractivity contribution in [3.8, 4) is 0 Å². The second-order valence-electron chi connectivity index (χ2n) is 8.42. The zero-order chi connectivity index (χ0) is 23.0. The van der Waals surface area contributed by atoms with Crippen molar-refractivity contribution in [1.29, 1.82) is 0 Å². The number of pyridine rings is 1. The van der Waals surface area contributed by atoms with Crippen LogP contribution in [0.1, 0.15) is 17.7 Å². The van der Waals surface area contributed by atoms with E-state index < -0.39 is 0 Å². The molecule has 1 aromatic heterocycles. The molecule has 0 saturated carbocycles. The van der Waals surface area contributed by atoms with Crippen LogP contribution in [-0.2, 0) is 11.2 Å². The Bertz CT molecular complexity index is 1090. The first-order valence-corrected chi connectivity index (χ1v) is 11.5. The van der Waals surface area contributed by atoms with Gasteiger partial charge in [-0.05, 0) is 31.0 Å². The molecular formula is C26H31N5O2. The first kappa shape index (κ1) is 22.7. The molecule has 172 valence electrons. The standard InChI is InChI=1S/C26H31N5O2/c1-20-19-24(22-9-5-6-10-23(22)28-20)29-26(33)27-13-14-30-15-17-31(18-16-30)25(32)12-11-21-7-3-2-4-8-21/h2-10,19H,11-18H2,1H3,(H2,27,28,29,33). The van der Waals surface area contributed by atoms with E-state index in [9.17, 15) is 9.59 Å². The Kier molecular flexibility index (Phi) is 7.52. The number of carbonyl (C=O) groups is 2. The molecule has 0 atom stereocenters. The third kappa shape index (κ3) is 6.29. The Labute approximate surface area is 194 Å². The lowest BCUT2D eigenvalue weighted by Crippen LogP contribution is -2.50. The van der Waals surface area contributed by atoms with E-state index >= 15 is 0 Å². The van der Waals surface area contributed by atoms with Gasteiger partial charge in [-0.15, -0.1) is 0 Å². The van der Waals surface area contributed by atoms with Gasteiger partial charge in [-0.3, -0.25) is 14.7 Å². The Morgan fingerprint density at radius 2 is 1.70 bits per heavy atom. The minimum atomic E-state index is -0.222. The van der Waals surface area contributed by atoms with Crippen molar-refractivity contribution in [1.82, 2.24) is 20.1 Å². The maximum absolute atomic E-state index is 12.5. The van der Waals surface area contributed by atoms with Crippen LogP contribution in [0.4, 0.5) is 10.5 Å². The number of fused-ring (bicyclic) bond motifs is 1. The molecule has 1 saturated heterocycles. The SMILES string of the molecule is Cc1cc(NC(=O)NCCN2CCN(C(=O)CCc3ccccc3)CC2)c2ccccc2n1. The fraction of sp³-hybridized carbons (Fsp3) is 0.346. The number of para-hydroxylation sites is 1. The molecule has 0 unspecified atom stereocenters. The van der Waals surface area contributed by atoms with Crippen LogP contribution < -0.4 is 10.6 Å². The summed E-state index contributed by atoms with van der Waals surface area (Å²) in [6.07, 6.45) is 1.33. The Morgan fingerprint density at radius 3 is 2.48 bits per heavy atom. The number of carbonyl (C=O) groups excluding carboxylic acids is 2. The van der Waals surface area contributed by atoms with E-state index in [1.807, 2.05) is 60.4 Å². The largest absolute Gasteiger partial charge is 0.340 e. The number of aromatic nitrogens is 1. The molecule has 7 heteroatoms. The first-order chi connectivity index (χ1) is 16.1. The highest BCUT2D eigenvalue weighted by Crippen LogP contribution is 2.22. The minimum absolute atomic E-state index is 0.218. The van der Waals surface area contributed by atoms with Gasteiger partial charge in [0.15, 0.2) is 0 Å². The molecule has 3 amide bonds. The van der Waals surface area contributed by atoms with Gasteiger partial charge in [0.1, 0.15) is 0 Å². The lowest BCUT2D eigenvalue weighted by Gasteiger charge is -2.34. The number of hydrogen-bond donors (Lipinski definition) is 2. The molecule has 33 heavy (non-hydrogen) atoms. The Hall–Kier alpha value is -3.45. The quantitative estimate of drug-likeness (QED) is 0.584. The third-order valence-corrected chi connectivity index (χ3v) is 6.00. The molecule has 0 radical (unpaired) electrons. The van der Waals surface area contributed by atoms with Crippen molar-refractivity contribution >= 4 is 28.5 Å². The van der Waals surface area contributed by atoms with Gasteiger partial charge >= 0.3 is 6.03 Å². The number of nitrogens with zero attached hydrogens (tertiary/aromatic N) is 3. The number of aryl methyl sites for hydroxylation is 2. The molecule has 1 aliphatic rings. The molecule has 2 heterocycles. The van der Waals surface area contributed by atoms with Gasteiger partial charge < -0.3 is 15.5 Å². The molecule has 4 rings (SSSR count). The van der Waals surface area contributed by atoms with Crippen molar-refractivity contribution in [2.45, 2.75) is 19.8 Å². The number of nitrogens with one attached hydrogen (secondary N) is 2. The number of benzene rings is 2. The Morgan fingerprint density at radius 1 is 0.970 bits per heavy atom. The molecule has 0 bridgehead atoms. The summed E-state index contributed by atoms with van der Waals surface area (Å²) in [5.41, 5.74) is 3.69. The lowest BCUT2D eigenvalue weighted by molar-refractivity contribution is -0.132. The molecule has 0 spiro atoms. The summed E-state index contributed by atoms with van der Waals surface area (Å²) in [6, 6.07) is 19.6. The van der Waals surface area contributed by atoms with Crippen LogP contribution in [0.3, 0.4) is 0 Å². The highest BCUT2D eigenvalue weighted by molar-refractivity contribution is 6.00. The smallest absolute Gasteiger partial charge is 0.319 e. The van der Waals surface area contributed by atoms with Gasteiger partial charge in [0.25, 0.3) is 0 Å². The Balaban J connectivity index is 1.17. The van der Waals surface area contributed by atoms with Crippen molar-refractivity contribution in [3.63, 3.8) is 0 Å². The van der Waals surface area contributed by atoms with E-state index in [2.05, 4.69) is 32.7 Å². The van der Waals surface area contributed by atoms with Gasteiger partial charge in [-0.2, -0.15) is 0 Å². The minimum Gasteiger partial charge on any atom is -0.340 e. The second-order valence-corrected chi connectivity index (χ2v) is 8.42. The molecule has 3 aromatic rings. The summed E-state index contributed by atoms with van der Waals surface area (Å²) in [4.78, 5) is 33.7. The van der Waals surface area contributed by atoms with Crippen LogP contribution in [0, 0.1) is 6.92 Å². The monoisotopic (exact) mass is 445 g/mol. The van der Waals surface area contributed by atoms with Gasteiger partial charge in [-0.25, -0.2) is 4.79 Å². The van der Waals surface area contributed by atoms with Crippen LogP contribution in [0.2, 0.25) is 0 Å². The molecule has 1 aliphatic heterocycles. The summed E-state index contributed by atoms with van der Waals surface area (Å²) in [5.74, 6) is 0.218. The van der Waals surface area contributed by atoms with Crippen LogP contribution in [0.5, 0.6) is 0 Å². The molecule has 7 nitrogen and oxygen atoms in total. The normalized spacial score (nSPS) is 14.3. The van der Waals surface area contributed by atoms with E-state index in [0.717, 1.165) is 61.4 Å². The summed E-state index contributed by atoms with van der Waals surface area (Å²) in [5, 5.41) is 6.82. The van der Waals surface area contributed by atoms with E-state index in [4.69, 9.17) is 0 Å². The number of anilines is 1. The van der Waals surface area contributed by atoms with Gasteiger partial charge in [-0.1, -0.05) is 48.5 Å². The molecule has 1 fully saturated rings. The number of rotatable bonds is 7. The van der Waals surface area contributed by atoms with E-state index in [-0.39, 0.29) is 11.9 Å². The van der Waals surface area contributed by atoms with Gasteiger partial charge in [0, 0.05) is 56.8 Å². The van der Waals surface area contributed by atoms with E-state index in [1.165, 1.54) is 5.56 Å². The van der Waals surface area contributed by atoms with Crippen molar-refractivity contribution in [3.05, 3.63) is 71.9 Å². The topological polar surface area (TPSA) is 77.6 Å². The highest BCUT2D eigenvalue weighted by atomic mass is 16.2. The van der Waals surface area contributed by atoms with Crippen LogP contribution in [-0.4, -0.2) is 66.0 Å². The molecule has 2 aromatic carbocycles. The number of hydrogen-bond acceptors (Lipinski definition) is 4. The number of amides is 3. The maximum atomic E-state index is 12.5.